The molecule has 0 aliphatic carbocycles. The predicted molar refractivity (Wildman–Crippen MR) is 111 cm³/mol. The fourth-order valence-electron chi connectivity index (χ4n) is 2.93. The van der Waals surface area contributed by atoms with Gasteiger partial charge in [0.25, 0.3) is 5.91 Å². The monoisotopic (exact) mass is 388 g/mol. The Morgan fingerprint density at radius 1 is 0.931 bits per heavy atom. The lowest BCUT2D eigenvalue weighted by molar-refractivity contribution is -0.125. The van der Waals surface area contributed by atoms with Gasteiger partial charge in [0.05, 0.1) is 12.8 Å². The lowest BCUT2D eigenvalue weighted by Gasteiger charge is -2.10. The zero-order chi connectivity index (χ0) is 20.1. The van der Waals surface area contributed by atoms with Crippen LogP contribution in [0.5, 0.6) is 17.2 Å². The van der Waals surface area contributed by atoms with E-state index in [0.29, 0.717) is 17.9 Å². The Labute approximate surface area is 168 Å². The average molecular weight is 388 g/mol. The van der Waals surface area contributed by atoms with Gasteiger partial charge >= 0.3 is 0 Å². The third-order valence-electron chi connectivity index (χ3n) is 4.49. The number of ether oxygens (including phenoxy) is 2. The van der Waals surface area contributed by atoms with E-state index in [4.69, 9.17) is 14.3 Å². The molecular formula is C23H20N2O4. The van der Waals surface area contributed by atoms with Gasteiger partial charge < -0.3 is 19.6 Å². The van der Waals surface area contributed by atoms with Crippen molar-refractivity contribution in [3.05, 3.63) is 84.4 Å². The van der Waals surface area contributed by atoms with Crippen LogP contribution in [0.4, 0.5) is 5.69 Å². The Balaban J connectivity index is 1.32. The van der Waals surface area contributed by atoms with E-state index in [-0.39, 0.29) is 5.91 Å². The molecule has 1 N–H and O–H groups in total. The van der Waals surface area contributed by atoms with Gasteiger partial charge in [0, 0.05) is 12.1 Å². The van der Waals surface area contributed by atoms with E-state index in [2.05, 4.69) is 10.5 Å². The number of methoxy groups -OCH3 is 1. The molecule has 0 bridgehead atoms. The van der Waals surface area contributed by atoms with E-state index in [0.717, 1.165) is 22.8 Å². The smallest absolute Gasteiger partial charge is 0.268 e. The average Bonchev–Trinajstić information content (AvgIpc) is 3.26. The molecule has 1 atom stereocenters. The highest BCUT2D eigenvalue weighted by Crippen LogP contribution is 2.24. The third-order valence-corrected chi connectivity index (χ3v) is 4.49. The van der Waals surface area contributed by atoms with Crippen LogP contribution in [0.3, 0.4) is 0 Å². The normalized spacial score (nSPS) is 15.2. The van der Waals surface area contributed by atoms with Gasteiger partial charge in [-0.25, -0.2) is 0 Å². The van der Waals surface area contributed by atoms with Gasteiger partial charge in [-0.3, -0.25) is 4.79 Å². The van der Waals surface area contributed by atoms with Crippen LogP contribution in [0.1, 0.15) is 12.0 Å². The predicted octanol–water partition coefficient (Wildman–Crippen LogP) is 4.62. The van der Waals surface area contributed by atoms with Gasteiger partial charge in [0.2, 0.25) is 6.10 Å². The fraction of sp³-hybridized carbons (Fsp3) is 0.130. The van der Waals surface area contributed by atoms with Gasteiger partial charge in [0.1, 0.15) is 17.2 Å². The van der Waals surface area contributed by atoms with Crippen LogP contribution in [0.25, 0.3) is 0 Å². The molecule has 0 fully saturated rings. The molecule has 1 heterocycles. The number of nitrogens with zero attached hydrogens (tertiary/aromatic N) is 1. The largest absolute Gasteiger partial charge is 0.497 e. The Hall–Kier alpha value is -3.80. The number of amides is 1. The maximum absolute atomic E-state index is 12.5. The van der Waals surface area contributed by atoms with Crippen molar-refractivity contribution in [1.82, 2.24) is 0 Å². The Bertz CT molecular complexity index is 999. The number of hydrogen-bond donors (Lipinski definition) is 1. The minimum absolute atomic E-state index is 0.242. The fourth-order valence-corrected chi connectivity index (χ4v) is 2.93. The van der Waals surface area contributed by atoms with Crippen molar-refractivity contribution in [2.75, 3.05) is 12.4 Å². The second-order valence-corrected chi connectivity index (χ2v) is 6.49. The number of anilines is 1. The second-order valence-electron chi connectivity index (χ2n) is 6.49. The molecule has 0 saturated heterocycles. The van der Waals surface area contributed by atoms with Crippen molar-refractivity contribution in [3.63, 3.8) is 0 Å². The van der Waals surface area contributed by atoms with Crippen molar-refractivity contribution in [3.8, 4) is 17.2 Å². The second kappa shape index (κ2) is 8.48. The van der Waals surface area contributed by atoms with E-state index in [1.807, 2.05) is 54.6 Å². The number of carbonyl (C=O) groups is 1. The van der Waals surface area contributed by atoms with Crippen LogP contribution in [-0.2, 0) is 9.63 Å². The Morgan fingerprint density at radius 2 is 1.59 bits per heavy atom. The number of benzene rings is 3. The molecule has 6 nitrogen and oxygen atoms in total. The van der Waals surface area contributed by atoms with E-state index >= 15 is 0 Å². The van der Waals surface area contributed by atoms with Gasteiger partial charge in [-0.05, 0) is 66.2 Å². The lowest BCUT2D eigenvalue weighted by atomic mass is 10.0. The summed E-state index contributed by atoms with van der Waals surface area (Å²) >= 11 is 0. The van der Waals surface area contributed by atoms with E-state index in [1.54, 1.807) is 31.4 Å². The standard InChI is InChI=1S/C23H20N2O4/c1-27-18-11-7-16(8-12-18)21-15-22(29-25-21)23(26)24-17-9-13-20(14-10-17)28-19-5-3-2-4-6-19/h2-14,22H,15H2,1H3,(H,24,26). The summed E-state index contributed by atoms with van der Waals surface area (Å²) in [6.07, 6.45) is -0.250. The van der Waals surface area contributed by atoms with Crippen LogP contribution < -0.4 is 14.8 Å². The first-order valence-corrected chi connectivity index (χ1v) is 9.22. The Morgan fingerprint density at radius 3 is 2.28 bits per heavy atom. The molecular weight excluding hydrogens is 368 g/mol. The van der Waals surface area contributed by atoms with Gasteiger partial charge in [-0.2, -0.15) is 0 Å². The van der Waals surface area contributed by atoms with Crippen molar-refractivity contribution in [2.24, 2.45) is 5.16 Å². The number of rotatable bonds is 6. The van der Waals surface area contributed by atoms with E-state index in [1.165, 1.54) is 0 Å². The van der Waals surface area contributed by atoms with Gasteiger partial charge in [-0.1, -0.05) is 23.4 Å². The minimum atomic E-state index is -0.660. The topological polar surface area (TPSA) is 69.2 Å². The molecule has 6 heteroatoms. The number of hydrogen-bond acceptors (Lipinski definition) is 5. The minimum Gasteiger partial charge on any atom is -0.497 e. The summed E-state index contributed by atoms with van der Waals surface area (Å²) in [5.41, 5.74) is 2.31. The first-order chi connectivity index (χ1) is 14.2. The Kier molecular flexibility index (Phi) is 5.42. The quantitative estimate of drug-likeness (QED) is 0.669. The number of nitrogens with one attached hydrogen (secondary N) is 1. The third kappa shape index (κ3) is 4.55. The van der Waals surface area contributed by atoms with Crippen molar-refractivity contribution >= 4 is 17.3 Å². The van der Waals surface area contributed by atoms with Crippen molar-refractivity contribution in [1.29, 1.82) is 0 Å². The molecule has 0 spiro atoms. The van der Waals surface area contributed by atoms with Crippen molar-refractivity contribution in [2.45, 2.75) is 12.5 Å². The summed E-state index contributed by atoms with van der Waals surface area (Å²) in [5, 5.41) is 6.91. The molecule has 3 aromatic rings. The molecule has 1 amide bonds. The van der Waals surface area contributed by atoms with Crippen LogP contribution in [-0.4, -0.2) is 24.8 Å². The summed E-state index contributed by atoms with van der Waals surface area (Å²) in [7, 11) is 1.62. The number of carbonyl (C=O) groups excluding carboxylic acids is 1. The summed E-state index contributed by atoms with van der Waals surface area (Å²) < 4.78 is 10.9. The molecule has 1 aliphatic heterocycles. The SMILES string of the molecule is COc1ccc(C2=NOC(C(=O)Nc3ccc(Oc4ccccc4)cc3)C2)cc1. The highest BCUT2D eigenvalue weighted by Gasteiger charge is 2.29. The van der Waals surface area contributed by atoms with Gasteiger partial charge in [-0.15, -0.1) is 0 Å². The summed E-state index contributed by atoms with van der Waals surface area (Å²) in [5.74, 6) is 1.97. The molecule has 4 rings (SSSR count). The highest BCUT2D eigenvalue weighted by molar-refractivity contribution is 6.06. The molecule has 1 aliphatic rings. The first-order valence-electron chi connectivity index (χ1n) is 9.22. The maximum atomic E-state index is 12.5. The van der Waals surface area contributed by atoms with Crippen LogP contribution in [0.2, 0.25) is 0 Å². The highest BCUT2D eigenvalue weighted by atomic mass is 16.6. The zero-order valence-corrected chi connectivity index (χ0v) is 15.9. The number of oxime groups is 1. The summed E-state index contributed by atoms with van der Waals surface area (Å²) in [4.78, 5) is 17.8. The lowest BCUT2D eigenvalue weighted by Crippen LogP contribution is -2.28. The molecule has 0 aromatic heterocycles. The van der Waals surface area contributed by atoms with Crippen LogP contribution in [0.15, 0.2) is 84.0 Å². The molecule has 0 saturated carbocycles. The zero-order valence-electron chi connectivity index (χ0n) is 15.9. The molecule has 29 heavy (non-hydrogen) atoms. The van der Waals surface area contributed by atoms with Gasteiger partial charge in [0.15, 0.2) is 0 Å². The molecule has 0 radical (unpaired) electrons. The van der Waals surface area contributed by atoms with E-state index in [9.17, 15) is 4.79 Å². The number of para-hydroxylation sites is 1. The van der Waals surface area contributed by atoms with Crippen LogP contribution >= 0.6 is 0 Å². The summed E-state index contributed by atoms with van der Waals surface area (Å²) in [6, 6.07) is 24.2. The molecule has 3 aromatic carbocycles. The maximum Gasteiger partial charge on any atom is 0.268 e. The summed E-state index contributed by atoms with van der Waals surface area (Å²) in [6.45, 7) is 0. The molecule has 146 valence electrons. The van der Waals surface area contributed by atoms with E-state index < -0.39 is 6.10 Å². The van der Waals surface area contributed by atoms with Crippen LogP contribution in [0, 0.1) is 0 Å². The van der Waals surface area contributed by atoms with Crippen molar-refractivity contribution < 1.29 is 19.1 Å². The molecule has 1 unspecified atom stereocenters. The first kappa shape index (κ1) is 18.6.